The quantitative estimate of drug-likeness (QED) is 0.352. The number of methoxy groups -OCH3 is 1. The van der Waals surface area contributed by atoms with Crippen LogP contribution in [0.15, 0.2) is 11.6 Å². The second kappa shape index (κ2) is 7.29. The number of hydrogen-bond acceptors (Lipinski definition) is 3. The van der Waals surface area contributed by atoms with E-state index in [4.69, 9.17) is 0 Å². The van der Waals surface area contributed by atoms with Crippen molar-refractivity contribution < 1.29 is 14.3 Å². The molecule has 28 heavy (non-hydrogen) atoms. The van der Waals surface area contributed by atoms with Crippen LogP contribution in [0.3, 0.4) is 0 Å². The summed E-state index contributed by atoms with van der Waals surface area (Å²) in [6.45, 7) is 7.27. The van der Waals surface area contributed by atoms with E-state index >= 15 is 0 Å². The molecule has 3 nitrogen and oxygen atoms in total. The number of ketones is 1. The van der Waals surface area contributed by atoms with Crippen LogP contribution < -0.4 is 0 Å². The number of hydrogen-bond donors (Lipinski definition) is 0. The smallest absolute Gasteiger partial charge is 0.374 e. The van der Waals surface area contributed by atoms with Crippen molar-refractivity contribution in [2.45, 2.75) is 85.0 Å². The molecule has 0 aromatic carbocycles. The topological polar surface area (TPSA) is 43.4 Å². The minimum atomic E-state index is -0.676. The summed E-state index contributed by atoms with van der Waals surface area (Å²) in [5.74, 6) is 2.25. The number of Topliss-reactive ketones (excluding diaryl/α,β-unsaturated/α-hetero) is 1. The van der Waals surface area contributed by atoms with Gasteiger partial charge in [-0.1, -0.05) is 38.8 Å². The fraction of sp³-hybridized carbons (Fsp3) is 0.840. The van der Waals surface area contributed by atoms with Crippen LogP contribution in [0.2, 0.25) is 0 Å². The highest BCUT2D eigenvalue weighted by atomic mass is 16.5. The highest BCUT2D eigenvalue weighted by Crippen LogP contribution is 2.67. The zero-order valence-electron chi connectivity index (χ0n) is 18.3. The predicted molar refractivity (Wildman–Crippen MR) is 111 cm³/mol. The molecule has 0 aromatic rings. The minimum Gasteiger partial charge on any atom is -0.463 e. The Morgan fingerprint density at radius 3 is 2.68 bits per heavy atom. The summed E-state index contributed by atoms with van der Waals surface area (Å²) in [6.07, 6.45) is 14.9. The SMILES string of the molecule is COC(=O)C(=O)C[C@@H](C)[C@H]1CC[C@H]2[C@@H]3CC=C4CCCC[C@]4(C)[C@H]3CC[C@]12C. The van der Waals surface area contributed by atoms with Gasteiger partial charge in [-0.05, 0) is 91.8 Å². The molecule has 4 aliphatic rings. The standard InChI is InChI=1S/C25H38O3/c1-16(15-22(26)23(27)28-4)19-10-11-20-18-9-8-17-7-5-6-13-24(17,2)21(18)12-14-25(19,20)3/h8,16,18-21H,5-7,9-15H2,1-4H3/t16-,18+,19-,20+,21+,24+,25-/m1/s1. The van der Waals surface area contributed by atoms with E-state index in [9.17, 15) is 9.59 Å². The summed E-state index contributed by atoms with van der Waals surface area (Å²) in [6, 6.07) is 0. The first-order chi connectivity index (χ1) is 13.3. The van der Waals surface area contributed by atoms with E-state index in [0.29, 0.717) is 23.2 Å². The normalized spacial score (nSPS) is 43.2. The summed E-state index contributed by atoms with van der Waals surface area (Å²) < 4.78 is 4.64. The van der Waals surface area contributed by atoms with Crippen LogP contribution in [0.1, 0.15) is 85.0 Å². The number of rotatable bonds is 4. The maximum atomic E-state index is 12.2. The average molecular weight is 387 g/mol. The van der Waals surface area contributed by atoms with Crippen LogP contribution in [0, 0.1) is 40.4 Å². The molecule has 3 saturated carbocycles. The van der Waals surface area contributed by atoms with Gasteiger partial charge in [-0.25, -0.2) is 4.79 Å². The third kappa shape index (κ3) is 2.99. The fourth-order valence-corrected chi connectivity index (χ4v) is 8.31. The summed E-state index contributed by atoms with van der Waals surface area (Å²) >= 11 is 0. The molecule has 0 heterocycles. The molecule has 4 rings (SSSR count). The van der Waals surface area contributed by atoms with E-state index in [1.807, 2.05) is 0 Å². The van der Waals surface area contributed by atoms with Gasteiger partial charge in [0.25, 0.3) is 0 Å². The minimum absolute atomic E-state index is 0.262. The van der Waals surface area contributed by atoms with E-state index in [2.05, 4.69) is 31.6 Å². The average Bonchev–Trinajstić information content (AvgIpc) is 3.04. The van der Waals surface area contributed by atoms with Crippen molar-refractivity contribution in [3.8, 4) is 0 Å². The molecule has 0 N–H and O–H groups in total. The summed E-state index contributed by atoms with van der Waals surface area (Å²) in [5.41, 5.74) is 2.55. The van der Waals surface area contributed by atoms with Crippen molar-refractivity contribution >= 4 is 11.8 Å². The largest absolute Gasteiger partial charge is 0.463 e. The lowest BCUT2D eigenvalue weighted by atomic mass is 9.47. The molecule has 156 valence electrons. The molecule has 0 amide bonds. The number of fused-ring (bicyclic) bond motifs is 5. The van der Waals surface area contributed by atoms with Crippen molar-refractivity contribution in [1.29, 1.82) is 0 Å². The van der Waals surface area contributed by atoms with Gasteiger partial charge in [0.05, 0.1) is 7.11 Å². The van der Waals surface area contributed by atoms with E-state index in [1.165, 1.54) is 64.9 Å². The first-order valence-electron chi connectivity index (χ1n) is 11.6. The van der Waals surface area contributed by atoms with E-state index in [0.717, 1.165) is 17.8 Å². The van der Waals surface area contributed by atoms with E-state index in [1.54, 1.807) is 5.57 Å². The third-order valence-electron chi connectivity index (χ3n) is 9.70. The highest BCUT2D eigenvalue weighted by molar-refractivity contribution is 6.33. The maximum absolute atomic E-state index is 12.2. The van der Waals surface area contributed by atoms with Gasteiger partial charge in [0.2, 0.25) is 5.78 Å². The molecule has 0 aromatic heterocycles. The number of esters is 1. The summed E-state index contributed by atoms with van der Waals surface area (Å²) in [4.78, 5) is 23.8. The second-order valence-corrected chi connectivity index (χ2v) is 10.8. The van der Waals surface area contributed by atoms with Crippen LogP contribution in [0.4, 0.5) is 0 Å². The molecule has 3 fully saturated rings. The molecule has 7 atom stereocenters. The molecular formula is C25H38O3. The second-order valence-electron chi connectivity index (χ2n) is 10.8. The molecule has 0 saturated heterocycles. The van der Waals surface area contributed by atoms with Crippen LogP contribution in [-0.4, -0.2) is 18.9 Å². The van der Waals surface area contributed by atoms with Gasteiger partial charge in [0.15, 0.2) is 0 Å². The Bertz CT molecular complexity index is 679. The van der Waals surface area contributed by atoms with Crippen LogP contribution in [0.5, 0.6) is 0 Å². The van der Waals surface area contributed by atoms with Gasteiger partial charge >= 0.3 is 5.97 Å². The molecule has 0 unspecified atom stereocenters. The van der Waals surface area contributed by atoms with Crippen LogP contribution in [-0.2, 0) is 14.3 Å². The Morgan fingerprint density at radius 1 is 1.14 bits per heavy atom. The van der Waals surface area contributed by atoms with Gasteiger partial charge in [0.1, 0.15) is 0 Å². The molecule has 4 aliphatic carbocycles. The zero-order valence-corrected chi connectivity index (χ0v) is 18.3. The van der Waals surface area contributed by atoms with Crippen molar-refractivity contribution in [2.75, 3.05) is 7.11 Å². The Balaban J connectivity index is 1.53. The monoisotopic (exact) mass is 386 g/mol. The van der Waals surface area contributed by atoms with Gasteiger partial charge in [0, 0.05) is 6.42 Å². The summed E-state index contributed by atoms with van der Waals surface area (Å²) in [5, 5.41) is 0. The van der Waals surface area contributed by atoms with Crippen molar-refractivity contribution in [2.24, 2.45) is 40.4 Å². The molecule has 3 heteroatoms. The lowest BCUT2D eigenvalue weighted by Crippen LogP contribution is -2.50. The van der Waals surface area contributed by atoms with Crippen molar-refractivity contribution in [1.82, 2.24) is 0 Å². The fourth-order valence-electron chi connectivity index (χ4n) is 8.31. The predicted octanol–water partition coefficient (Wildman–Crippen LogP) is 5.72. The van der Waals surface area contributed by atoms with Crippen molar-refractivity contribution in [3.05, 3.63) is 11.6 Å². The Kier molecular flexibility index (Phi) is 5.25. The van der Waals surface area contributed by atoms with E-state index in [-0.39, 0.29) is 11.7 Å². The number of ether oxygens (including phenoxy) is 1. The van der Waals surface area contributed by atoms with Crippen LogP contribution in [0.25, 0.3) is 0 Å². The number of carbonyl (C=O) groups is 2. The molecule has 0 bridgehead atoms. The van der Waals surface area contributed by atoms with Gasteiger partial charge < -0.3 is 4.74 Å². The molecule has 0 radical (unpaired) electrons. The van der Waals surface area contributed by atoms with Gasteiger partial charge in [-0.15, -0.1) is 0 Å². The number of allylic oxidation sites excluding steroid dienone is 2. The van der Waals surface area contributed by atoms with Crippen molar-refractivity contribution in [3.63, 3.8) is 0 Å². The highest BCUT2D eigenvalue weighted by Gasteiger charge is 2.58. The zero-order chi connectivity index (χ0) is 20.1. The van der Waals surface area contributed by atoms with Crippen LogP contribution >= 0.6 is 0 Å². The lowest BCUT2D eigenvalue weighted by Gasteiger charge is -2.58. The third-order valence-corrected chi connectivity index (χ3v) is 9.70. The first-order valence-corrected chi connectivity index (χ1v) is 11.6. The molecule has 0 aliphatic heterocycles. The maximum Gasteiger partial charge on any atom is 0.374 e. The Hall–Kier alpha value is -1.12. The lowest BCUT2D eigenvalue weighted by molar-refractivity contribution is -0.152. The van der Waals surface area contributed by atoms with Gasteiger partial charge in [-0.2, -0.15) is 0 Å². The van der Waals surface area contributed by atoms with Gasteiger partial charge in [-0.3, -0.25) is 4.79 Å². The first kappa shape index (κ1) is 20.2. The number of carbonyl (C=O) groups excluding carboxylic acids is 2. The Labute approximate surface area is 170 Å². The molecular weight excluding hydrogens is 348 g/mol. The van der Waals surface area contributed by atoms with E-state index < -0.39 is 5.97 Å². The Morgan fingerprint density at radius 2 is 1.93 bits per heavy atom. The molecule has 0 spiro atoms. The summed E-state index contributed by atoms with van der Waals surface area (Å²) in [7, 11) is 1.30.